The van der Waals surface area contributed by atoms with Gasteiger partial charge in [-0.05, 0) is 35.4 Å². The van der Waals surface area contributed by atoms with Gasteiger partial charge in [-0.2, -0.15) is 0 Å². The van der Waals surface area contributed by atoms with Crippen LogP contribution in [0.3, 0.4) is 0 Å². The molecule has 110 valence electrons. The van der Waals surface area contributed by atoms with Crippen LogP contribution < -0.4 is 0 Å². The first-order valence-electron chi connectivity index (χ1n) is 5.26. The van der Waals surface area contributed by atoms with E-state index in [1.54, 1.807) is 0 Å². The largest absolute Gasteiger partial charge is 0.275 e. The summed E-state index contributed by atoms with van der Waals surface area (Å²) in [6, 6.07) is 3.40. The summed E-state index contributed by atoms with van der Waals surface area (Å²) in [7, 11) is 0. The highest BCUT2D eigenvalue weighted by molar-refractivity contribution is 6.67. The number of rotatable bonds is 2. The highest BCUT2D eigenvalue weighted by atomic mass is 35.5. The molecule has 0 spiro atoms. The standard InChI is InChI=1S/C13H3Cl3F4O/c14-5-1-4(2-6(15)3-5)7-9(17)11(19)8(13(16)21)12(20)10(7)18/h1-3H. The molecule has 0 aliphatic heterocycles. The maximum Gasteiger partial charge on any atom is 0.258 e. The van der Waals surface area contributed by atoms with Gasteiger partial charge in [-0.15, -0.1) is 0 Å². The minimum Gasteiger partial charge on any atom is -0.275 e. The molecule has 0 aromatic heterocycles. The van der Waals surface area contributed by atoms with Crippen LogP contribution in [-0.4, -0.2) is 5.24 Å². The zero-order valence-corrected chi connectivity index (χ0v) is 12.1. The molecule has 21 heavy (non-hydrogen) atoms. The van der Waals surface area contributed by atoms with Crippen LogP contribution in [0.5, 0.6) is 0 Å². The van der Waals surface area contributed by atoms with Gasteiger partial charge in [0.25, 0.3) is 5.24 Å². The van der Waals surface area contributed by atoms with E-state index in [1.165, 1.54) is 6.07 Å². The van der Waals surface area contributed by atoms with Crippen LogP contribution in [0.4, 0.5) is 17.6 Å². The number of carbonyl (C=O) groups is 1. The minimum atomic E-state index is -1.89. The van der Waals surface area contributed by atoms with Crippen LogP contribution in [0.15, 0.2) is 18.2 Å². The summed E-state index contributed by atoms with van der Waals surface area (Å²) in [6.07, 6.45) is 0. The first-order valence-corrected chi connectivity index (χ1v) is 6.39. The molecule has 0 amide bonds. The summed E-state index contributed by atoms with van der Waals surface area (Å²) in [4.78, 5) is 10.9. The van der Waals surface area contributed by atoms with Crippen LogP contribution in [-0.2, 0) is 0 Å². The zero-order valence-electron chi connectivity index (χ0n) is 9.79. The van der Waals surface area contributed by atoms with Crippen molar-refractivity contribution in [3.8, 4) is 11.1 Å². The van der Waals surface area contributed by atoms with Crippen molar-refractivity contribution in [2.24, 2.45) is 0 Å². The first-order chi connectivity index (χ1) is 9.73. The molecule has 2 aromatic carbocycles. The average Bonchev–Trinajstić information content (AvgIpc) is 2.35. The van der Waals surface area contributed by atoms with Gasteiger partial charge < -0.3 is 0 Å². The molecule has 0 N–H and O–H groups in total. The smallest absolute Gasteiger partial charge is 0.258 e. The maximum absolute atomic E-state index is 13.9. The highest BCUT2D eigenvalue weighted by Gasteiger charge is 2.29. The van der Waals surface area contributed by atoms with Gasteiger partial charge in [-0.3, -0.25) is 4.79 Å². The molecule has 0 saturated carbocycles. The van der Waals surface area contributed by atoms with Gasteiger partial charge in [-0.1, -0.05) is 23.2 Å². The zero-order chi connectivity index (χ0) is 15.9. The van der Waals surface area contributed by atoms with E-state index >= 15 is 0 Å². The van der Waals surface area contributed by atoms with E-state index in [9.17, 15) is 22.4 Å². The summed E-state index contributed by atoms with van der Waals surface area (Å²) in [5.41, 5.74) is -2.81. The number of carbonyl (C=O) groups excluding carboxylic acids is 1. The lowest BCUT2D eigenvalue weighted by Crippen LogP contribution is -2.08. The third-order valence-corrected chi connectivity index (χ3v) is 3.24. The van der Waals surface area contributed by atoms with Crippen LogP contribution in [0.1, 0.15) is 10.4 Å². The molecule has 8 heteroatoms. The van der Waals surface area contributed by atoms with E-state index in [-0.39, 0.29) is 15.6 Å². The Hall–Kier alpha value is -1.30. The fourth-order valence-electron chi connectivity index (χ4n) is 1.76. The Morgan fingerprint density at radius 2 is 1.24 bits per heavy atom. The van der Waals surface area contributed by atoms with Crippen LogP contribution in [0.25, 0.3) is 11.1 Å². The van der Waals surface area contributed by atoms with Crippen molar-refractivity contribution in [1.82, 2.24) is 0 Å². The summed E-state index contributed by atoms with van der Waals surface area (Å²) in [5, 5.41) is -1.64. The highest BCUT2D eigenvalue weighted by Crippen LogP contribution is 2.35. The molecule has 0 bridgehead atoms. The van der Waals surface area contributed by atoms with E-state index in [0.717, 1.165) is 12.1 Å². The third-order valence-electron chi connectivity index (χ3n) is 2.61. The molecule has 1 nitrogen and oxygen atoms in total. The number of hydrogen-bond donors (Lipinski definition) is 0. The second kappa shape index (κ2) is 5.83. The second-order valence-corrected chi connectivity index (χ2v) is 5.15. The molecule has 0 radical (unpaired) electrons. The normalized spacial score (nSPS) is 10.8. The predicted octanol–water partition coefficient (Wildman–Crippen LogP) is 5.60. The summed E-state index contributed by atoms with van der Waals surface area (Å²) in [5.74, 6) is -7.31. The Balaban J connectivity index is 2.85. The predicted molar refractivity (Wildman–Crippen MR) is 71.9 cm³/mol. The van der Waals surface area contributed by atoms with Crippen molar-refractivity contribution in [3.05, 3.63) is 57.1 Å². The van der Waals surface area contributed by atoms with Crippen LogP contribution >= 0.6 is 34.8 Å². The Kier molecular flexibility index (Phi) is 4.46. The molecule has 0 unspecified atom stereocenters. The number of halogens is 7. The molecular formula is C13H3Cl3F4O. The first kappa shape index (κ1) is 16.1. The SMILES string of the molecule is O=C(Cl)c1c(F)c(F)c(-c2cc(Cl)cc(Cl)c2)c(F)c1F. The lowest BCUT2D eigenvalue weighted by molar-refractivity contribution is 0.107. The van der Waals surface area contributed by atoms with E-state index in [0.29, 0.717) is 0 Å². The second-order valence-electron chi connectivity index (χ2n) is 3.94. The molecular weight excluding hydrogens is 354 g/mol. The molecule has 0 heterocycles. The lowest BCUT2D eigenvalue weighted by atomic mass is 10.0. The molecule has 2 aromatic rings. The molecule has 2 rings (SSSR count). The number of hydrogen-bond acceptors (Lipinski definition) is 1. The van der Waals surface area contributed by atoms with Gasteiger partial charge in [0.2, 0.25) is 0 Å². The fraction of sp³-hybridized carbons (Fsp3) is 0. The quantitative estimate of drug-likeness (QED) is 0.389. The van der Waals surface area contributed by atoms with Crippen molar-refractivity contribution in [2.45, 2.75) is 0 Å². The molecule has 0 aliphatic carbocycles. The van der Waals surface area contributed by atoms with E-state index < -0.39 is 39.6 Å². The summed E-state index contributed by atoms with van der Waals surface area (Å²) < 4.78 is 55.2. The maximum atomic E-state index is 13.9. The van der Waals surface area contributed by atoms with Crippen molar-refractivity contribution < 1.29 is 22.4 Å². The van der Waals surface area contributed by atoms with Crippen molar-refractivity contribution >= 4 is 40.0 Å². The van der Waals surface area contributed by atoms with Gasteiger partial charge in [0, 0.05) is 10.0 Å². The summed E-state index contributed by atoms with van der Waals surface area (Å²) in [6.45, 7) is 0. The minimum absolute atomic E-state index is 0.00890. The molecule has 0 fully saturated rings. The van der Waals surface area contributed by atoms with Gasteiger partial charge >= 0.3 is 0 Å². The Bertz CT molecular complexity index is 712. The van der Waals surface area contributed by atoms with Gasteiger partial charge in [0.05, 0.1) is 5.56 Å². The van der Waals surface area contributed by atoms with Gasteiger partial charge in [0.1, 0.15) is 5.56 Å². The molecule has 0 aliphatic rings. The van der Waals surface area contributed by atoms with E-state index in [4.69, 9.17) is 34.8 Å². The van der Waals surface area contributed by atoms with Crippen LogP contribution in [0.2, 0.25) is 10.0 Å². The Morgan fingerprint density at radius 3 is 1.62 bits per heavy atom. The van der Waals surface area contributed by atoms with Gasteiger partial charge in [-0.25, -0.2) is 17.6 Å². The van der Waals surface area contributed by atoms with Gasteiger partial charge in [0.15, 0.2) is 23.3 Å². The van der Waals surface area contributed by atoms with Crippen molar-refractivity contribution in [3.63, 3.8) is 0 Å². The van der Waals surface area contributed by atoms with Crippen molar-refractivity contribution in [2.75, 3.05) is 0 Å². The fourth-order valence-corrected chi connectivity index (χ4v) is 2.45. The number of benzene rings is 2. The average molecular weight is 358 g/mol. The Labute approximate surface area is 131 Å². The van der Waals surface area contributed by atoms with Crippen LogP contribution in [0, 0.1) is 23.3 Å². The lowest BCUT2D eigenvalue weighted by Gasteiger charge is -2.10. The third kappa shape index (κ3) is 2.86. The Morgan fingerprint density at radius 1 is 0.810 bits per heavy atom. The summed E-state index contributed by atoms with van der Waals surface area (Å²) >= 11 is 16.3. The monoisotopic (exact) mass is 356 g/mol. The molecule has 0 atom stereocenters. The van der Waals surface area contributed by atoms with E-state index in [1.807, 2.05) is 0 Å². The van der Waals surface area contributed by atoms with E-state index in [2.05, 4.69) is 0 Å². The van der Waals surface area contributed by atoms with Crippen molar-refractivity contribution in [1.29, 1.82) is 0 Å². The molecule has 0 saturated heterocycles. The topological polar surface area (TPSA) is 17.1 Å².